The molecule has 1 atom stereocenters. The minimum atomic E-state index is -1.02. The fraction of sp³-hybridized carbons (Fsp3) is 0.533. The van der Waals surface area contributed by atoms with E-state index in [0.29, 0.717) is 18.2 Å². The van der Waals surface area contributed by atoms with Crippen LogP contribution >= 0.6 is 0 Å². The number of benzene rings is 1. The maximum absolute atomic E-state index is 13.9. The Balaban J connectivity index is 2.16. The van der Waals surface area contributed by atoms with Crippen LogP contribution in [0.1, 0.15) is 29.3 Å². The van der Waals surface area contributed by atoms with E-state index in [9.17, 15) is 9.18 Å². The Kier molecular flexibility index (Phi) is 4.73. The molecule has 0 saturated carbocycles. The van der Waals surface area contributed by atoms with Gasteiger partial charge in [-0.1, -0.05) is 0 Å². The lowest BCUT2D eigenvalue weighted by Crippen LogP contribution is -2.37. The van der Waals surface area contributed by atoms with Gasteiger partial charge in [0.2, 0.25) is 0 Å². The Bertz CT molecular complexity index is 493. The maximum atomic E-state index is 13.9. The predicted octanol–water partition coefficient (Wildman–Crippen LogP) is 2.05. The molecule has 1 fully saturated rings. The number of nitrogens with zero attached hydrogens (tertiary/aromatic N) is 2. The van der Waals surface area contributed by atoms with Crippen molar-refractivity contribution >= 4 is 5.97 Å². The zero-order chi connectivity index (χ0) is 14.7. The molecule has 0 aromatic heterocycles. The first-order valence-corrected chi connectivity index (χ1v) is 6.91. The number of carboxylic acids is 1. The highest BCUT2D eigenvalue weighted by Crippen LogP contribution is 2.17. The number of carbonyl (C=O) groups is 1. The third kappa shape index (κ3) is 3.55. The molecular weight excluding hydrogens is 259 g/mol. The fourth-order valence-corrected chi connectivity index (χ4v) is 2.70. The van der Waals surface area contributed by atoms with E-state index in [2.05, 4.69) is 23.8 Å². The van der Waals surface area contributed by atoms with E-state index in [0.717, 1.165) is 26.1 Å². The Morgan fingerprint density at radius 1 is 1.45 bits per heavy atom. The molecule has 0 spiro atoms. The van der Waals surface area contributed by atoms with Crippen molar-refractivity contribution in [2.75, 3.05) is 26.7 Å². The fourth-order valence-electron chi connectivity index (χ4n) is 2.70. The van der Waals surface area contributed by atoms with Gasteiger partial charge in [-0.25, -0.2) is 9.18 Å². The number of likely N-dealkylation sites (N-methyl/N-ethyl adjacent to an activating group) is 1. The lowest BCUT2D eigenvalue weighted by atomic mass is 10.1. The molecule has 0 aliphatic carbocycles. The smallest absolute Gasteiger partial charge is 0.335 e. The second-order valence-corrected chi connectivity index (χ2v) is 5.55. The molecule has 1 unspecified atom stereocenters. The topological polar surface area (TPSA) is 43.8 Å². The first-order chi connectivity index (χ1) is 9.47. The van der Waals surface area contributed by atoms with Crippen LogP contribution in [-0.2, 0) is 6.54 Å². The molecule has 5 heteroatoms. The van der Waals surface area contributed by atoms with E-state index >= 15 is 0 Å². The van der Waals surface area contributed by atoms with Crippen LogP contribution in [0.4, 0.5) is 4.39 Å². The lowest BCUT2D eigenvalue weighted by molar-refractivity contribution is 0.0696. The number of carboxylic acid groups (broad SMARTS) is 1. The van der Waals surface area contributed by atoms with Crippen molar-refractivity contribution in [2.24, 2.45) is 0 Å². The second kappa shape index (κ2) is 6.33. The molecule has 1 heterocycles. The van der Waals surface area contributed by atoms with Crippen LogP contribution in [0.5, 0.6) is 0 Å². The minimum absolute atomic E-state index is 0.140. The average molecular weight is 280 g/mol. The van der Waals surface area contributed by atoms with Gasteiger partial charge in [-0.3, -0.25) is 4.90 Å². The summed E-state index contributed by atoms with van der Waals surface area (Å²) in [5.74, 6) is -1.35. The molecule has 1 aliphatic heterocycles. The molecule has 110 valence electrons. The predicted molar refractivity (Wildman–Crippen MR) is 75.3 cm³/mol. The molecule has 1 aromatic carbocycles. The van der Waals surface area contributed by atoms with Crippen molar-refractivity contribution in [1.82, 2.24) is 9.80 Å². The molecule has 1 aromatic rings. The summed E-state index contributed by atoms with van der Waals surface area (Å²) in [5.41, 5.74) is 0.599. The number of hydrogen-bond donors (Lipinski definition) is 1. The third-order valence-corrected chi connectivity index (χ3v) is 3.85. The highest BCUT2D eigenvalue weighted by molar-refractivity contribution is 5.87. The van der Waals surface area contributed by atoms with E-state index in [-0.39, 0.29) is 11.4 Å². The van der Waals surface area contributed by atoms with Crippen molar-refractivity contribution in [3.05, 3.63) is 35.1 Å². The van der Waals surface area contributed by atoms with Gasteiger partial charge >= 0.3 is 5.97 Å². The summed E-state index contributed by atoms with van der Waals surface area (Å²) in [4.78, 5) is 15.5. The van der Waals surface area contributed by atoms with E-state index in [1.807, 2.05) is 0 Å². The monoisotopic (exact) mass is 280 g/mol. The van der Waals surface area contributed by atoms with E-state index < -0.39 is 5.97 Å². The molecule has 2 rings (SSSR count). The van der Waals surface area contributed by atoms with E-state index in [1.165, 1.54) is 18.2 Å². The van der Waals surface area contributed by atoms with Gasteiger partial charge in [0.05, 0.1) is 5.56 Å². The summed E-state index contributed by atoms with van der Waals surface area (Å²) >= 11 is 0. The molecule has 0 radical (unpaired) electrons. The maximum Gasteiger partial charge on any atom is 0.335 e. The molecule has 1 aliphatic rings. The molecule has 0 bridgehead atoms. The van der Waals surface area contributed by atoms with Crippen molar-refractivity contribution in [3.63, 3.8) is 0 Å². The second-order valence-electron chi connectivity index (χ2n) is 5.55. The standard InChI is InChI=1S/C15H21FN2O2/c1-11-9-17(2)6-3-7-18(11)10-13-8-12(15(19)20)4-5-14(13)16/h4-5,8,11H,3,6-7,9-10H2,1-2H3,(H,19,20). The normalized spacial score (nSPS) is 21.6. The summed E-state index contributed by atoms with van der Waals surface area (Å²) < 4.78 is 13.9. The highest BCUT2D eigenvalue weighted by atomic mass is 19.1. The first-order valence-electron chi connectivity index (χ1n) is 6.91. The van der Waals surface area contributed by atoms with Gasteiger partial charge < -0.3 is 10.0 Å². The summed E-state index contributed by atoms with van der Waals surface area (Å²) in [5, 5.41) is 9.00. The molecule has 20 heavy (non-hydrogen) atoms. The zero-order valence-electron chi connectivity index (χ0n) is 12.0. The Hall–Kier alpha value is -1.46. The third-order valence-electron chi connectivity index (χ3n) is 3.85. The van der Waals surface area contributed by atoms with Crippen LogP contribution in [0.25, 0.3) is 0 Å². The minimum Gasteiger partial charge on any atom is -0.478 e. The van der Waals surface area contributed by atoms with Gasteiger partial charge in [-0.05, 0) is 45.1 Å². The highest BCUT2D eigenvalue weighted by Gasteiger charge is 2.21. The van der Waals surface area contributed by atoms with Crippen LogP contribution in [0.15, 0.2) is 18.2 Å². The van der Waals surface area contributed by atoms with Crippen LogP contribution in [0.3, 0.4) is 0 Å². The van der Waals surface area contributed by atoms with Gasteiger partial charge in [0.1, 0.15) is 5.82 Å². The van der Waals surface area contributed by atoms with E-state index in [1.54, 1.807) is 0 Å². The van der Waals surface area contributed by atoms with Crippen LogP contribution in [-0.4, -0.2) is 53.6 Å². The van der Waals surface area contributed by atoms with Crippen molar-refractivity contribution in [1.29, 1.82) is 0 Å². The number of rotatable bonds is 3. The number of hydrogen-bond acceptors (Lipinski definition) is 3. The molecular formula is C15H21FN2O2. The Labute approximate surface area is 118 Å². The quantitative estimate of drug-likeness (QED) is 0.920. The Morgan fingerprint density at radius 3 is 2.90 bits per heavy atom. The number of aromatic carboxylic acids is 1. The summed E-state index contributed by atoms with van der Waals surface area (Å²) in [6.07, 6.45) is 1.04. The SMILES string of the molecule is CC1CN(C)CCCN1Cc1cc(C(=O)O)ccc1F. The van der Waals surface area contributed by atoms with Crippen molar-refractivity contribution in [2.45, 2.75) is 25.9 Å². The van der Waals surface area contributed by atoms with Gasteiger partial charge in [-0.15, -0.1) is 0 Å². The van der Waals surface area contributed by atoms with E-state index in [4.69, 9.17) is 5.11 Å². The number of halogens is 1. The molecule has 1 N–H and O–H groups in total. The molecule has 1 saturated heterocycles. The van der Waals surface area contributed by atoms with Crippen LogP contribution in [0.2, 0.25) is 0 Å². The Morgan fingerprint density at radius 2 is 2.20 bits per heavy atom. The largest absolute Gasteiger partial charge is 0.478 e. The van der Waals surface area contributed by atoms with Crippen molar-refractivity contribution in [3.8, 4) is 0 Å². The molecule has 4 nitrogen and oxygen atoms in total. The summed E-state index contributed by atoms with van der Waals surface area (Å²) in [6.45, 7) is 5.48. The first kappa shape index (κ1) is 14.9. The van der Waals surface area contributed by atoms with Gasteiger partial charge in [0, 0.05) is 31.2 Å². The summed E-state index contributed by atoms with van der Waals surface area (Å²) in [6, 6.07) is 4.32. The molecule has 0 amide bonds. The van der Waals surface area contributed by atoms with Crippen LogP contribution < -0.4 is 0 Å². The van der Waals surface area contributed by atoms with Crippen LogP contribution in [0, 0.1) is 5.82 Å². The zero-order valence-corrected chi connectivity index (χ0v) is 12.0. The average Bonchev–Trinajstić information content (AvgIpc) is 2.53. The van der Waals surface area contributed by atoms with Gasteiger partial charge in [-0.2, -0.15) is 0 Å². The van der Waals surface area contributed by atoms with Gasteiger partial charge in [0.25, 0.3) is 0 Å². The lowest BCUT2D eigenvalue weighted by Gasteiger charge is -2.28. The van der Waals surface area contributed by atoms with Crippen molar-refractivity contribution < 1.29 is 14.3 Å². The summed E-state index contributed by atoms with van der Waals surface area (Å²) in [7, 11) is 2.09. The van der Waals surface area contributed by atoms with Gasteiger partial charge in [0.15, 0.2) is 0 Å².